The summed E-state index contributed by atoms with van der Waals surface area (Å²) in [4.78, 5) is 13.2. The van der Waals surface area contributed by atoms with Crippen molar-refractivity contribution in [1.29, 1.82) is 0 Å². The molecule has 0 unspecified atom stereocenters. The molecule has 0 radical (unpaired) electrons. The Morgan fingerprint density at radius 3 is 2.88 bits per heavy atom. The van der Waals surface area contributed by atoms with Gasteiger partial charge in [-0.2, -0.15) is 8.78 Å². The van der Waals surface area contributed by atoms with Gasteiger partial charge in [0.1, 0.15) is 16.7 Å². The van der Waals surface area contributed by atoms with Crippen LogP contribution in [-0.2, 0) is 9.47 Å². The van der Waals surface area contributed by atoms with Gasteiger partial charge in [0.25, 0.3) is 5.91 Å². The van der Waals surface area contributed by atoms with Gasteiger partial charge in [-0.15, -0.1) is 11.3 Å². The molecule has 0 aromatic carbocycles. The van der Waals surface area contributed by atoms with Crippen molar-refractivity contribution in [1.82, 2.24) is 5.32 Å². The van der Waals surface area contributed by atoms with Crippen LogP contribution in [-0.4, -0.2) is 37.6 Å². The number of hydrogen-bond acceptors (Lipinski definition) is 5. The molecule has 1 aliphatic carbocycles. The summed E-state index contributed by atoms with van der Waals surface area (Å²) in [5, 5.41) is 2.74. The van der Waals surface area contributed by atoms with Crippen molar-refractivity contribution >= 4 is 17.2 Å². The highest BCUT2D eigenvalue weighted by Gasteiger charge is 2.43. The van der Waals surface area contributed by atoms with Gasteiger partial charge in [-0.05, 0) is 31.7 Å². The summed E-state index contributed by atoms with van der Waals surface area (Å²) in [6.07, 6.45) is 3.66. The van der Waals surface area contributed by atoms with Crippen LogP contribution in [0.15, 0.2) is 6.07 Å². The van der Waals surface area contributed by atoms with Crippen molar-refractivity contribution in [2.45, 2.75) is 58.0 Å². The van der Waals surface area contributed by atoms with Gasteiger partial charge < -0.3 is 19.5 Å². The summed E-state index contributed by atoms with van der Waals surface area (Å²) in [5.41, 5.74) is 0. The fourth-order valence-corrected chi connectivity index (χ4v) is 4.16. The molecule has 2 aliphatic rings. The molecule has 1 spiro atoms. The van der Waals surface area contributed by atoms with Crippen molar-refractivity contribution < 1.29 is 27.8 Å². The molecule has 1 amide bonds. The lowest BCUT2D eigenvalue weighted by molar-refractivity contribution is -0.191. The Kier molecular flexibility index (Phi) is 5.60. The van der Waals surface area contributed by atoms with Crippen LogP contribution in [0.4, 0.5) is 8.78 Å². The average molecular weight is 375 g/mol. The first-order valence-corrected chi connectivity index (χ1v) is 9.34. The van der Waals surface area contributed by atoms with Crippen molar-refractivity contribution in [2.24, 2.45) is 5.92 Å². The zero-order chi connectivity index (χ0) is 18.0. The van der Waals surface area contributed by atoms with Crippen molar-refractivity contribution in [2.75, 3.05) is 13.2 Å². The molecule has 2 heterocycles. The number of carbonyl (C=O) groups excluding carboxylic acids is 1. The monoisotopic (exact) mass is 375 g/mol. The Balaban J connectivity index is 1.53. The average Bonchev–Trinajstić information content (AvgIpc) is 3.12. The molecule has 0 bridgehead atoms. The van der Waals surface area contributed by atoms with Crippen molar-refractivity contribution in [3.63, 3.8) is 0 Å². The number of halogens is 2. The lowest BCUT2D eigenvalue weighted by Crippen LogP contribution is -2.38. The summed E-state index contributed by atoms with van der Waals surface area (Å²) >= 11 is 1.13. The Hall–Kier alpha value is -1.25. The summed E-state index contributed by atoms with van der Waals surface area (Å²) in [5.74, 6) is -0.343. The number of alkyl halides is 2. The minimum Gasteiger partial charge on any atom is -0.433 e. The smallest absolute Gasteiger partial charge is 0.387 e. The van der Waals surface area contributed by atoms with E-state index in [0.29, 0.717) is 12.5 Å². The first-order valence-electron chi connectivity index (χ1n) is 8.52. The lowest BCUT2D eigenvalue weighted by atomic mass is 9.86. The van der Waals surface area contributed by atoms with Gasteiger partial charge in [-0.25, -0.2) is 0 Å². The van der Waals surface area contributed by atoms with Crippen LogP contribution >= 0.6 is 11.3 Å². The molecular weight excluding hydrogens is 352 g/mol. The number of amides is 1. The van der Waals surface area contributed by atoms with Gasteiger partial charge in [0.2, 0.25) is 0 Å². The van der Waals surface area contributed by atoms with E-state index in [1.165, 1.54) is 6.07 Å². The highest BCUT2D eigenvalue weighted by atomic mass is 32.1. The SMILES string of the molecule is Cc1cc(OC(F)F)c(C(=O)NC[C@@H]2COC3(CCC(C)CC3)O2)s1. The molecule has 1 atom stereocenters. The van der Waals surface area contributed by atoms with Crippen LogP contribution in [0.1, 0.15) is 47.2 Å². The van der Waals surface area contributed by atoms with Crippen molar-refractivity contribution in [3.05, 3.63) is 15.8 Å². The minimum atomic E-state index is -2.96. The summed E-state index contributed by atoms with van der Waals surface area (Å²) in [7, 11) is 0. The Morgan fingerprint density at radius 2 is 2.20 bits per heavy atom. The minimum absolute atomic E-state index is 0.0867. The topological polar surface area (TPSA) is 56.8 Å². The third-order valence-electron chi connectivity index (χ3n) is 4.68. The zero-order valence-electron chi connectivity index (χ0n) is 14.3. The number of thiophene rings is 1. The molecule has 1 saturated carbocycles. The highest BCUT2D eigenvalue weighted by molar-refractivity contribution is 7.14. The van der Waals surface area contributed by atoms with Gasteiger partial charge in [0, 0.05) is 24.3 Å². The number of hydrogen-bond donors (Lipinski definition) is 1. The van der Waals surface area contributed by atoms with Crippen LogP contribution in [0, 0.1) is 12.8 Å². The normalized spacial score (nSPS) is 29.3. The predicted molar refractivity (Wildman–Crippen MR) is 89.2 cm³/mol. The molecule has 8 heteroatoms. The molecule has 2 fully saturated rings. The van der Waals surface area contributed by atoms with E-state index in [2.05, 4.69) is 17.0 Å². The number of nitrogens with one attached hydrogen (secondary N) is 1. The van der Waals surface area contributed by atoms with Gasteiger partial charge in [-0.1, -0.05) is 6.92 Å². The Bertz CT molecular complexity index is 614. The number of ether oxygens (including phenoxy) is 3. The van der Waals surface area contributed by atoms with E-state index in [0.717, 1.165) is 41.9 Å². The molecule has 140 valence electrons. The molecule has 1 aromatic heterocycles. The number of rotatable bonds is 5. The molecule has 3 rings (SSSR count). The maximum atomic E-state index is 12.4. The van der Waals surface area contributed by atoms with Crippen LogP contribution in [0.25, 0.3) is 0 Å². The molecule has 25 heavy (non-hydrogen) atoms. The summed E-state index contributed by atoms with van der Waals surface area (Å²) in [6.45, 7) is 1.71. The van der Waals surface area contributed by atoms with E-state index in [9.17, 15) is 13.6 Å². The summed E-state index contributed by atoms with van der Waals surface area (Å²) < 4.78 is 41.2. The third-order valence-corrected chi connectivity index (χ3v) is 5.71. The van der Waals surface area contributed by atoms with Gasteiger partial charge in [-0.3, -0.25) is 4.79 Å². The first kappa shape index (κ1) is 18.5. The van der Waals surface area contributed by atoms with Gasteiger partial charge >= 0.3 is 6.61 Å². The molecule has 1 saturated heterocycles. The van der Waals surface area contributed by atoms with E-state index in [1.54, 1.807) is 6.92 Å². The summed E-state index contributed by atoms with van der Waals surface area (Å²) in [6, 6.07) is 1.44. The fraction of sp³-hybridized carbons (Fsp3) is 0.706. The standard InChI is InChI=1S/C17H23F2NO4S/c1-10-3-5-17(6-4-10)22-9-12(24-17)8-20-15(21)14-13(23-16(18)19)7-11(2)25-14/h7,10,12,16H,3-6,8-9H2,1-2H3,(H,20,21)/t10?,12-,17?/m1/s1. The fourth-order valence-electron chi connectivity index (χ4n) is 3.30. The predicted octanol–water partition coefficient (Wildman–Crippen LogP) is 3.71. The van der Waals surface area contributed by atoms with Gasteiger partial charge in [0.05, 0.1) is 6.61 Å². The third kappa shape index (κ3) is 4.48. The molecular formula is C17H23F2NO4S. The first-order chi connectivity index (χ1) is 11.9. The molecule has 1 aromatic rings. The van der Waals surface area contributed by atoms with Crippen LogP contribution in [0.3, 0.4) is 0 Å². The number of carbonyl (C=O) groups is 1. The quantitative estimate of drug-likeness (QED) is 0.852. The van der Waals surface area contributed by atoms with Crippen LogP contribution in [0.5, 0.6) is 5.75 Å². The Morgan fingerprint density at radius 1 is 1.48 bits per heavy atom. The highest BCUT2D eigenvalue weighted by Crippen LogP contribution is 2.39. The van der Waals surface area contributed by atoms with E-state index in [-0.39, 0.29) is 23.3 Å². The molecule has 1 aliphatic heterocycles. The van der Waals surface area contributed by atoms with Crippen LogP contribution in [0.2, 0.25) is 0 Å². The van der Waals surface area contributed by atoms with Gasteiger partial charge in [0.15, 0.2) is 5.79 Å². The lowest BCUT2D eigenvalue weighted by Gasteiger charge is -2.34. The molecule has 5 nitrogen and oxygen atoms in total. The van der Waals surface area contributed by atoms with E-state index >= 15 is 0 Å². The Labute approximate surface area is 149 Å². The van der Waals surface area contributed by atoms with Crippen molar-refractivity contribution in [3.8, 4) is 5.75 Å². The second-order valence-electron chi connectivity index (χ2n) is 6.78. The second kappa shape index (κ2) is 7.55. The largest absolute Gasteiger partial charge is 0.433 e. The zero-order valence-corrected chi connectivity index (χ0v) is 15.2. The molecule has 1 N–H and O–H groups in total. The maximum absolute atomic E-state index is 12.4. The van der Waals surface area contributed by atoms with E-state index < -0.39 is 18.3 Å². The maximum Gasteiger partial charge on any atom is 0.387 e. The van der Waals surface area contributed by atoms with Crippen LogP contribution < -0.4 is 10.1 Å². The van der Waals surface area contributed by atoms with E-state index in [1.807, 2.05) is 0 Å². The van der Waals surface area contributed by atoms with E-state index in [4.69, 9.17) is 9.47 Å². The number of aryl methyl sites for hydroxylation is 1. The second-order valence-corrected chi connectivity index (χ2v) is 8.04.